The normalized spacial score (nSPS) is 11.6. The highest BCUT2D eigenvalue weighted by atomic mass is 79.9. The third-order valence-electron chi connectivity index (χ3n) is 3.44. The third-order valence-corrected chi connectivity index (χ3v) is 6.29. The molecule has 2 rings (SSSR count). The number of halogens is 4. The molecule has 2 aromatic carbocycles. The average molecular weight is 437 g/mol. The van der Waals surface area contributed by atoms with Crippen LogP contribution in [0, 0.1) is 0 Å². The molecule has 106 valence electrons. The molecule has 0 bridgehead atoms. The predicted molar refractivity (Wildman–Crippen MR) is 95.9 cm³/mol. The minimum Gasteiger partial charge on any atom is -0.0918 e. The van der Waals surface area contributed by atoms with Crippen molar-refractivity contribution >= 4 is 55.1 Å². The van der Waals surface area contributed by atoms with E-state index in [2.05, 4.69) is 44.0 Å². The lowest BCUT2D eigenvalue weighted by atomic mass is 9.79. The highest BCUT2D eigenvalue weighted by molar-refractivity contribution is 9.09. The van der Waals surface area contributed by atoms with Gasteiger partial charge >= 0.3 is 0 Å². The van der Waals surface area contributed by atoms with Crippen LogP contribution in [0.5, 0.6) is 0 Å². The van der Waals surface area contributed by atoms with Gasteiger partial charge < -0.3 is 0 Å². The van der Waals surface area contributed by atoms with Crippen molar-refractivity contribution in [2.45, 2.75) is 11.8 Å². The van der Waals surface area contributed by atoms with Crippen LogP contribution in [-0.4, -0.2) is 10.7 Å². The minimum absolute atomic E-state index is 0.122. The van der Waals surface area contributed by atoms with Crippen molar-refractivity contribution in [3.8, 4) is 0 Å². The molecule has 0 aliphatic heterocycles. The maximum absolute atomic E-state index is 6.40. The maximum atomic E-state index is 6.40. The van der Waals surface area contributed by atoms with Crippen molar-refractivity contribution in [2.24, 2.45) is 0 Å². The molecule has 0 N–H and O–H groups in total. The Morgan fingerprint density at radius 3 is 1.90 bits per heavy atom. The summed E-state index contributed by atoms with van der Waals surface area (Å²) in [5.41, 5.74) is 2.15. The molecule has 0 spiro atoms. The Bertz CT molecular complexity index is 580. The molecular weight excluding hydrogens is 423 g/mol. The largest absolute Gasteiger partial charge is 0.0918 e. The summed E-state index contributed by atoms with van der Waals surface area (Å²) >= 11 is 20.0. The summed E-state index contributed by atoms with van der Waals surface area (Å²) in [5, 5.41) is 3.20. The summed E-state index contributed by atoms with van der Waals surface area (Å²) in [4.78, 5) is 0. The Hall–Kier alpha value is -0.0200. The van der Waals surface area contributed by atoms with E-state index in [-0.39, 0.29) is 5.41 Å². The zero-order valence-corrected chi connectivity index (χ0v) is 15.4. The van der Waals surface area contributed by atoms with Crippen molar-refractivity contribution in [2.75, 3.05) is 10.7 Å². The molecule has 0 aliphatic carbocycles. The fourth-order valence-corrected chi connectivity index (χ4v) is 4.73. The van der Waals surface area contributed by atoms with Gasteiger partial charge in [0, 0.05) is 26.1 Å². The molecule has 0 unspecified atom stereocenters. The second-order valence-electron chi connectivity index (χ2n) is 4.80. The zero-order valence-electron chi connectivity index (χ0n) is 10.8. The first kappa shape index (κ1) is 16.4. The van der Waals surface area contributed by atoms with Crippen molar-refractivity contribution in [3.63, 3.8) is 0 Å². The van der Waals surface area contributed by atoms with Crippen molar-refractivity contribution in [3.05, 3.63) is 69.7 Å². The standard InChI is InChI=1S/C16H14Br2Cl2/c17-10-16(11-18,13-6-2-4-8-15(13)20)9-12-5-1-3-7-14(12)19/h1-8H,9-11H2. The first-order valence-corrected chi connectivity index (χ1v) is 9.23. The first-order valence-electron chi connectivity index (χ1n) is 6.23. The fourth-order valence-electron chi connectivity index (χ4n) is 2.27. The molecular formula is C16H14Br2Cl2. The monoisotopic (exact) mass is 434 g/mol. The van der Waals surface area contributed by atoms with Crippen molar-refractivity contribution < 1.29 is 0 Å². The van der Waals surface area contributed by atoms with Gasteiger partial charge in [0.05, 0.1) is 0 Å². The van der Waals surface area contributed by atoms with Gasteiger partial charge in [-0.3, -0.25) is 0 Å². The average Bonchev–Trinajstić information content (AvgIpc) is 2.48. The highest BCUT2D eigenvalue weighted by Gasteiger charge is 2.32. The summed E-state index contributed by atoms with van der Waals surface area (Å²) in [6.07, 6.45) is 0.826. The van der Waals surface area contributed by atoms with Gasteiger partial charge in [0.2, 0.25) is 0 Å². The summed E-state index contributed by atoms with van der Waals surface area (Å²) in [7, 11) is 0. The number of benzene rings is 2. The molecule has 0 atom stereocenters. The van der Waals surface area contributed by atoms with E-state index < -0.39 is 0 Å². The zero-order chi connectivity index (χ0) is 14.6. The van der Waals surface area contributed by atoms with E-state index in [9.17, 15) is 0 Å². The lowest BCUT2D eigenvalue weighted by molar-refractivity contribution is 0.551. The van der Waals surface area contributed by atoms with E-state index in [4.69, 9.17) is 23.2 Å². The number of rotatable bonds is 5. The van der Waals surface area contributed by atoms with Gasteiger partial charge in [0.25, 0.3) is 0 Å². The summed E-state index contributed by atoms with van der Waals surface area (Å²) < 4.78 is 0. The Labute approximate surface area is 146 Å². The predicted octanol–water partition coefficient (Wildman–Crippen LogP) is 6.26. The molecule has 0 aliphatic rings. The van der Waals surface area contributed by atoms with E-state index in [0.717, 1.165) is 38.3 Å². The van der Waals surface area contributed by atoms with E-state index in [1.54, 1.807) is 0 Å². The van der Waals surface area contributed by atoms with Crippen LogP contribution in [0.15, 0.2) is 48.5 Å². The van der Waals surface area contributed by atoms with Crippen LogP contribution in [0.4, 0.5) is 0 Å². The topological polar surface area (TPSA) is 0 Å². The Kier molecular flexibility index (Phi) is 5.97. The van der Waals surface area contributed by atoms with Crippen molar-refractivity contribution in [1.29, 1.82) is 0 Å². The summed E-state index contributed by atoms with van der Waals surface area (Å²) in [5.74, 6) is 0. The quantitative estimate of drug-likeness (QED) is 0.485. The molecule has 4 heteroatoms. The Morgan fingerprint density at radius 2 is 1.35 bits per heavy atom. The van der Waals surface area contributed by atoms with Crippen LogP contribution < -0.4 is 0 Å². The second kappa shape index (κ2) is 7.31. The molecule has 0 nitrogen and oxygen atoms in total. The fraction of sp³-hybridized carbons (Fsp3) is 0.250. The lowest BCUT2D eigenvalue weighted by Crippen LogP contribution is -2.33. The van der Waals surface area contributed by atoms with Crippen molar-refractivity contribution in [1.82, 2.24) is 0 Å². The van der Waals surface area contributed by atoms with Crippen LogP contribution >= 0.6 is 55.1 Å². The Balaban J connectivity index is 2.46. The summed E-state index contributed by atoms with van der Waals surface area (Å²) in [6, 6.07) is 16.0. The van der Waals surface area contributed by atoms with Crippen LogP contribution in [0.2, 0.25) is 10.0 Å². The van der Waals surface area contributed by atoms with Gasteiger partial charge in [-0.15, -0.1) is 0 Å². The highest BCUT2D eigenvalue weighted by Crippen LogP contribution is 2.38. The molecule has 0 radical (unpaired) electrons. The molecule has 0 saturated heterocycles. The van der Waals surface area contributed by atoms with E-state index in [0.29, 0.717) is 0 Å². The van der Waals surface area contributed by atoms with Crippen LogP contribution in [-0.2, 0) is 11.8 Å². The van der Waals surface area contributed by atoms with Gasteiger partial charge in [0.1, 0.15) is 0 Å². The third kappa shape index (κ3) is 3.41. The van der Waals surface area contributed by atoms with Gasteiger partial charge in [0.15, 0.2) is 0 Å². The van der Waals surface area contributed by atoms with Gasteiger partial charge in [-0.05, 0) is 29.7 Å². The molecule has 0 fully saturated rings. The molecule has 20 heavy (non-hydrogen) atoms. The lowest BCUT2D eigenvalue weighted by Gasteiger charge is -2.32. The van der Waals surface area contributed by atoms with Gasteiger partial charge in [-0.25, -0.2) is 0 Å². The van der Waals surface area contributed by atoms with Gasteiger partial charge in [-0.2, -0.15) is 0 Å². The number of hydrogen-bond acceptors (Lipinski definition) is 0. The maximum Gasteiger partial charge on any atom is 0.0444 e. The molecule has 0 aromatic heterocycles. The van der Waals surface area contributed by atoms with Crippen LogP contribution in [0.1, 0.15) is 11.1 Å². The summed E-state index contributed by atoms with van der Waals surface area (Å²) in [6.45, 7) is 0. The Morgan fingerprint density at radius 1 is 0.800 bits per heavy atom. The van der Waals surface area contributed by atoms with E-state index in [1.165, 1.54) is 0 Å². The van der Waals surface area contributed by atoms with Crippen LogP contribution in [0.3, 0.4) is 0 Å². The molecule has 0 saturated carbocycles. The molecule has 2 aromatic rings. The van der Waals surface area contributed by atoms with E-state index >= 15 is 0 Å². The first-order chi connectivity index (χ1) is 9.63. The minimum atomic E-state index is -0.122. The second-order valence-corrected chi connectivity index (χ2v) is 6.73. The van der Waals surface area contributed by atoms with Gasteiger partial charge in [-0.1, -0.05) is 91.5 Å². The van der Waals surface area contributed by atoms with E-state index in [1.807, 2.05) is 36.4 Å². The smallest absolute Gasteiger partial charge is 0.0444 e. The molecule has 0 heterocycles. The number of hydrogen-bond donors (Lipinski definition) is 0. The SMILES string of the molecule is Clc1ccccc1CC(CBr)(CBr)c1ccccc1Cl. The van der Waals surface area contributed by atoms with Crippen LogP contribution in [0.25, 0.3) is 0 Å². The number of alkyl halides is 2. The molecule has 0 amide bonds.